The van der Waals surface area contributed by atoms with Gasteiger partial charge in [-0.25, -0.2) is 0 Å². The summed E-state index contributed by atoms with van der Waals surface area (Å²) in [5.74, 6) is 2.07. The van der Waals surface area contributed by atoms with Crippen molar-refractivity contribution in [3.63, 3.8) is 0 Å². The summed E-state index contributed by atoms with van der Waals surface area (Å²) in [5.41, 5.74) is 2.89. The normalized spacial score (nSPS) is 14.9. The molecule has 2 heterocycles. The molecule has 0 unspecified atom stereocenters. The number of nitrogens with one attached hydrogen (secondary N) is 1. The summed E-state index contributed by atoms with van der Waals surface area (Å²) in [6, 6.07) is 13.3. The van der Waals surface area contributed by atoms with Gasteiger partial charge in [-0.15, -0.1) is 0 Å². The molecular formula is C17H22N2O. The van der Waals surface area contributed by atoms with Crippen LogP contribution < -0.4 is 5.32 Å². The molecule has 3 heteroatoms. The second-order valence-corrected chi connectivity index (χ2v) is 5.82. The molecular weight excluding hydrogens is 248 g/mol. The van der Waals surface area contributed by atoms with Crippen LogP contribution in [0.25, 0.3) is 0 Å². The average molecular weight is 270 g/mol. The van der Waals surface area contributed by atoms with Crippen molar-refractivity contribution in [1.29, 1.82) is 0 Å². The molecule has 1 N–H and O–H groups in total. The fourth-order valence-electron chi connectivity index (χ4n) is 2.64. The quantitative estimate of drug-likeness (QED) is 0.903. The van der Waals surface area contributed by atoms with Crippen LogP contribution in [0.4, 0.5) is 0 Å². The van der Waals surface area contributed by atoms with Crippen LogP contribution >= 0.6 is 0 Å². The summed E-state index contributed by atoms with van der Waals surface area (Å²) >= 11 is 0. The summed E-state index contributed by atoms with van der Waals surface area (Å²) in [4.78, 5) is 2.42. The Balaban J connectivity index is 1.57. The van der Waals surface area contributed by atoms with Crippen LogP contribution in [0, 0.1) is 0 Å². The Kier molecular flexibility index (Phi) is 3.90. The fourth-order valence-corrected chi connectivity index (χ4v) is 2.64. The first-order valence-electron chi connectivity index (χ1n) is 7.31. The number of rotatable bonds is 5. The van der Waals surface area contributed by atoms with Crippen LogP contribution in [0.2, 0.25) is 0 Å². The summed E-state index contributed by atoms with van der Waals surface area (Å²) < 4.78 is 5.89. The molecule has 3 nitrogen and oxygen atoms in total. The molecule has 3 rings (SSSR count). The molecule has 0 fully saturated rings. The largest absolute Gasteiger partial charge is 0.463 e. The van der Waals surface area contributed by atoms with Gasteiger partial charge in [0.2, 0.25) is 0 Å². The second kappa shape index (κ2) is 5.81. The maximum absolute atomic E-state index is 5.89. The first-order valence-corrected chi connectivity index (χ1v) is 7.31. The lowest BCUT2D eigenvalue weighted by Gasteiger charge is -2.12. The van der Waals surface area contributed by atoms with Crippen LogP contribution in [0.5, 0.6) is 0 Å². The van der Waals surface area contributed by atoms with Crippen LogP contribution in [0.1, 0.15) is 36.5 Å². The monoisotopic (exact) mass is 270 g/mol. The van der Waals surface area contributed by atoms with Crippen LogP contribution in [0.15, 0.2) is 40.8 Å². The van der Waals surface area contributed by atoms with Gasteiger partial charge in [-0.05, 0) is 23.3 Å². The first-order chi connectivity index (χ1) is 9.70. The molecule has 0 atom stereocenters. The van der Waals surface area contributed by atoms with Gasteiger partial charge in [-0.3, -0.25) is 4.90 Å². The van der Waals surface area contributed by atoms with Gasteiger partial charge < -0.3 is 9.73 Å². The average Bonchev–Trinajstić information content (AvgIpc) is 3.02. The fraction of sp³-hybridized carbons (Fsp3) is 0.412. The molecule has 0 spiro atoms. The van der Waals surface area contributed by atoms with Gasteiger partial charge in [0, 0.05) is 19.1 Å². The Morgan fingerprint density at radius 2 is 1.70 bits per heavy atom. The Hall–Kier alpha value is -1.58. The summed E-state index contributed by atoms with van der Waals surface area (Å²) in [6.07, 6.45) is 0. The standard InChI is InChI=1S/C17H22N2O/c1-13(2)18-9-16-7-8-17(20-16)12-19-10-14-5-3-4-6-15(14)11-19/h3-8,13,18H,9-12H2,1-2H3. The van der Waals surface area contributed by atoms with Gasteiger partial charge in [0.1, 0.15) is 11.5 Å². The van der Waals surface area contributed by atoms with E-state index in [-0.39, 0.29) is 0 Å². The number of furan rings is 1. The number of hydrogen-bond donors (Lipinski definition) is 1. The minimum Gasteiger partial charge on any atom is -0.463 e. The lowest BCUT2D eigenvalue weighted by atomic mass is 10.1. The van der Waals surface area contributed by atoms with Crippen molar-refractivity contribution in [2.24, 2.45) is 0 Å². The zero-order valence-corrected chi connectivity index (χ0v) is 12.2. The highest BCUT2D eigenvalue weighted by molar-refractivity contribution is 5.30. The molecule has 0 amide bonds. The lowest BCUT2D eigenvalue weighted by Crippen LogP contribution is -2.21. The zero-order valence-electron chi connectivity index (χ0n) is 12.2. The molecule has 0 saturated carbocycles. The van der Waals surface area contributed by atoms with Gasteiger partial charge in [0.05, 0.1) is 13.1 Å². The third-order valence-corrected chi connectivity index (χ3v) is 3.69. The van der Waals surface area contributed by atoms with Gasteiger partial charge in [0.25, 0.3) is 0 Å². The highest BCUT2D eigenvalue weighted by Crippen LogP contribution is 2.24. The van der Waals surface area contributed by atoms with Gasteiger partial charge in [-0.1, -0.05) is 38.1 Å². The van der Waals surface area contributed by atoms with Crippen molar-refractivity contribution in [2.75, 3.05) is 0 Å². The van der Waals surface area contributed by atoms with Crippen molar-refractivity contribution < 1.29 is 4.42 Å². The molecule has 0 radical (unpaired) electrons. The molecule has 2 aromatic rings. The molecule has 20 heavy (non-hydrogen) atoms. The van der Waals surface area contributed by atoms with E-state index < -0.39 is 0 Å². The molecule has 1 aliphatic rings. The molecule has 1 aliphatic heterocycles. The van der Waals surface area contributed by atoms with Gasteiger partial charge >= 0.3 is 0 Å². The third kappa shape index (κ3) is 3.11. The van der Waals surface area contributed by atoms with E-state index in [2.05, 4.69) is 60.5 Å². The first kappa shape index (κ1) is 13.4. The Labute approximate surface area is 120 Å². The van der Waals surface area contributed by atoms with E-state index in [0.29, 0.717) is 6.04 Å². The predicted molar refractivity (Wildman–Crippen MR) is 80.1 cm³/mol. The van der Waals surface area contributed by atoms with Crippen molar-refractivity contribution in [3.05, 3.63) is 59.0 Å². The number of fused-ring (bicyclic) bond motifs is 1. The van der Waals surface area contributed by atoms with E-state index in [0.717, 1.165) is 37.7 Å². The highest BCUT2D eigenvalue weighted by Gasteiger charge is 2.19. The Morgan fingerprint density at radius 1 is 1.05 bits per heavy atom. The maximum atomic E-state index is 5.89. The minimum absolute atomic E-state index is 0.483. The van der Waals surface area contributed by atoms with Gasteiger partial charge in [-0.2, -0.15) is 0 Å². The minimum atomic E-state index is 0.483. The molecule has 1 aromatic carbocycles. The van der Waals surface area contributed by atoms with Crippen molar-refractivity contribution in [1.82, 2.24) is 10.2 Å². The number of nitrogens with zero attached hydrogens (tertiary/aromatic N) is 1. The predicted octanol–water partition coefficient (Wildman–Crippen LogP) is 3.29. The van der Waals surface area contributed by atoms with Crippen LogP contribution in [-0.4, -0.2) is 10.9 Å². The Morgan fingerprint density at radius 3 is 2.35 bits per heavy atom. The van der Waals surface area contributed by atoms with E-state index in [9.17, 15) is 0 Å². The molecule has 0 saturated heterocycles. The maximum Gasteiger partial charge on any atom is 0.118 e. The molecule has 106 valence electrons. The SMILES string of the molecule is CC(C)NCc1ccc(CN2Cc3ccccc3C2)o1. The van der Waals surface area contributed by atoms with Gasteiger partial charge in [0.15, 0.2) is 0 Å². The van der Waals surface area contributed by atoms with Crippen LogP contribution in [-0.2, 0) is 26.2 Å². The van der Waals surface area contributed by atoms with E-state index in [1.807, 2.05) is 0 Å². The smallest absolute Gasteiger partial charge is 0.118 e. The molecule has 0 bridgehead atoms. The molecule has 1 aromatic heterocycles. The Bertz CT molecular complexity index is 549. The van der Waals surface area contributed by atoms with E-state index in [1.54, 1.807) is 0 Å². The van der Waals surface area contributed by atoms with E-state index in [1.165, 1.54) is 11.1 Å². The van der Waals surface area contributed by atoms with Crippen molar-refractivity contribution >= 4 is 0 Å². The van der Waals surface area contributed by atoms with Crippen molar-refractivity contribution in [2.45, 2.75) is 46.1 Å². The topological polar surface area (TPSA) is 28.4 Å². The molecule has 0 aliphatic carbocycles. The van der Waals surface area contributed by atoms with Crippen molar-refractivity contribution in [3.8, 4) is 0 Å². The van der Waals surface area contributed by atoms with Crippen LogP contribution in [0.3, 0.4) is 0 Å². The summed E-state index contributed by atoms with van der Waals surface area (Å²) in [7, 11) is 0. The number of benzene rings is 1. The highest BCUT2D eigenvalue weighted by atomic mass is 16.3. The summed E-state index contributed by atoms with van der Waals surface area (Å²) in [5, 5.41) is 3.38. The summed E-state index contributed by atoms with van der Waals surface area (Å²) in [6.45, 7) is 8.03. The third-order valence-electron chi connectivity index (χ3n) is 3.69. The zero-order chi connectivity index (χ0) is 13.9. The van der Waals surface area contributed by atoms with E-state index in [4.69, 9.17) is 4.42 Å². The lowest BCUT2D eigenvalue weighted by molar-refractivity contribution is 0.247. The van der Waals surface area contributed by atoms with E-state index >= 15 is 0 Å². The number of hydrogen-bond acceptors (Lipinski definition) is 3. The second-order valence-electron chi connectivity index (χ2n) is 5.82.